The summed E-state index contributed by atoms with van der Waals surface area (Å²) in [4.78, 5) is 45.4. The van der Waals surface area contributed by atoms with Gasteiger partial charge in [0.15, 0.2) is 0 Å². The van der Waals surface area contributed by atoms with E-state index in [9.17, 15) is 19.5 Å². The van der Waals surface area contributed by atoms with Crippen LogP contribution in [0.2, 0.25) is 0 Å². The summed E-state index contributed by atoms with van der Waals surface area (Å²) in [6, 6.07) is 4.34. The molecule has 0 aliphatic carbocycles. The van der Waals surface area contributed by atoms with Crippen LogP contribution in [0.5, 0.6) is 0 Å². The fourth-order valence-corrected chi connectivity index (χ4v) is 6.78. The lowest BCUT2D eigenvalue weighted by molar-refractivity contribution is -0.155. The lowest BCUT2D eigenvalue weighted by Gasteiger charge is -2.40. The van der Waals surface area contributed by atoms with Crippen LogP contribution in [-0.4, -0.2) is 71.3 Å². The van der Waals surface area contributed by atoms with Crippen LogP contribution < -0.4 is 4.90 Å². The van der Waals surface area contributed by atoms with Gasteiger partial charge < -0.3 is 24.4 Å². The quantitative estimate of drug-likeness (QED) is 0.248. The van der Waals surface area contributed by atoms with E-state index >= 15 is 0 Å². The summed E-state index contributed by atoms with van der Waals surface area (Å²) < 4.78 is 12.1. The van der Waals surface area contributed by atoms with E-state index in [0.29, 0.717) is 25.7 Å². The predicted octanol–water partition coefficient (Wildman–Crippen LogP) is 3.72. The molecule has 1 N–H and O–H groups in total. The number of fused-ring (bicyclic) bond motifs is 1. The lowest BCUT2D eigenvalue weighted by atomic mass is 9.70. The zero-order valence-electron chi connectivity index (χ0n) is 23.6. The van der Waals surface area contributed by atoms with Crippen LogP contribution in [0.1, 0.15) is 50.7 Å². The van der Waals surface area contributed by atoms with Crippen molar-refractivity contribution in [3.63, 3.8) is 0 Å². The van der Waals surface area contributed by atoms with Crippen molar-refractivity contribution >= 4 is 23.5 Å². The molecule has 2 unspecified atom stereocenters. The van der Waals surface area contributed by atoms with Crippen molar-refractivity contribution in [2.45, 2.75) is 77.2 Å². The summed E-state index contributed by atoms with van der Waals surface area (Å²) in [5.74, 6) is -2.54. The molecule has 1 aromatic rings. The van der Waals surface area contributed by atoms with Crippen molar-refractivity contribution in [3.05, 3.63) is 54.6 Å². The minimum atomic E-state index is -1.16. The highest BCUT2D eigenvalue weighted by molar-refractivity contribution is 6.05. The Hall–Kier alpha value is -2.97. The summed E-state index contributed by atoms with van der Waals surface area (Å²) in [5.41, 5.74) is 1.50. The van der Waals surface area contributed by atoms with E-state index in [-0.39, 0.29) is 37.5 Å². The van der Waals surface area contributed by atoms with Crippen molar-refractivity contribution in [2.24, 2.45) is 17.8 Å². The zero-order valence-corrected chi connectivity index (χ0v) is 23.6. The van der Waals surface area contributed by atoms with E-state index in [1.807, 2.05) is 45.9 Å². The summed E-state index contributed by atoms with van der Waals surface area (Å²) in [5, 5.41) is 10.5. The normalized spacial score (nSPS) is 27.9. The third-order valence-corrected chi connectivity index (χ3v) is 8.39. The van der Waals surface area contributed by atoms with E-state index in [1.165, 1.54) is 0 Å². The van der Waals surface area contributed by atoms with Gasteiger partial charge in [-0.3, -0.25) is 14.4 Å². The van der Waals surface area contributed by atoms with Gasteiger partial charge in [-0.25, -0.2) is 0 Å². The average Bonchev–Trinajstić information content (AvgIpc) is 3.54. The van der Waals surface area contributed by atoms with Crippen LogP contribution in [0.3, 0.4) is 0 Å². The summed E-state index contributed by atoms with van der Waals surface area (Å²) in [6.45, 7) is 15.6. The number of carbonyl (C=O) groups excluding carboxylic acids is 3. The Kier molecular flexibility index (Phi) is 8.66. The number of esters is 1. The molecule has 1 aromatic carbocycles. The van der Waals surface area contributed by atoms with E-state index in [2.05, 4.69) is 13.2 Å². The molecule has 3 heterocycles. The Morgan fingerprint density at radius 2 is 2.03 bits per heavy atom. The number of hydrogen-bond acceptors (Lipinski definition) is 6. The van der Waals surface area contributed by atoms with Gasteiger partial charge in [0.2, 0.25) is 5.91 Å². The van der Waals surface area contributed by atoms with Crippen molar-refractivity contribution in [2.75, 3.05) is 24.7 Å². The predicted molar refractivity (Wildman–Crippen MR) is 149 cm³/mol. The van der Waals surface area contributed by atoms with E-state index in [0.717, 1.165) is 16.8 Å². The highest BCUT2D eigenvalue weighted by Gasteiger charge is 2.75. The molecule has 2 amide bonds. The fourth-order valence-electron chi connectivity index (χ4n) is 6.78. The number of amides is 2. The van der Waals surface area contributed by atoms with Crippen LogP contribution >= 0.6 is 0 Å². The number of carbonyl (C=O) groups is 3. The smallest absolute Gasteiger partial charge is 0.312 e. The molecule has 0 radical (unpaired) electrons. The molecule has 8 heteroatoms. The van der Waals surface area contributed by atoms with Gasteiger partial charge in [-0.05, 0) is 62.6 Å². The first-order chi connectivity index (χ1) is 18.6. The molecule has 8 nitrogen and oxygen atoms in total. The first-order valence-electron chi connectivity index (χ1n) is 14.0. The number of likely N-dealkylation sites (tertiary alicyclic amines) is 1. The number of ether oxygens (including phenoxy) is 2. The van der Waals surface area contributed by atoms with Crippen molar-refractivity contribution < 1.29 is 29.0 Å². The molecule has 3 aliphatic heterocycles. The Morgan fingerprint density at radius 3 is 2.67 bits per heavy atom. The molecule has 2 bridgehead atoms. The monoisotopic (exact) mass is 538 g/mol. The Bertz CT molecular complexity index is 1130. The number of hydrogen-bond donors (Lipinski definition) is 1. The molecule has 6 atom stereocenters. The summed E-state index contributed by atoms with van der Waals surface area (Å²) in [6.07, 6.45) is 4.90. The van der Waals surface area contributed by atoms with Gasteiger partial charge in [-0.1, -0.05) is 38.1 Å². The largest absolute Gasteiger partial charge is 0.465 e. The van der Waals surface area contributed by atoms with E-state index < -0.39 is 41.6 Å². The number of anilines is 1. The second-order valence-electron chi connectivity index (χ2n) is 11.5. The Morgan fingerprint density at radius 1 is 1.28 bits per heavy atom. The molecule has 1 spiro atoms. The maximum Gasteiger partial charge on any atom is 0.312 e. The number of aliphatic hydroxyl groups is 1. The maximum absolute atomic E-state index is 14.7. The maximum atomic E-state index is 14.7. The molecule has 212 valence electrons. The van der Waals surface area contributed by atoms with Gasteiger partial charge in [0.25, 0.3) is 5.91 Å². The second-order valence-corrected chi connectivity index (χ2v) is 11.5. The molecule has 4 rings (SSSR count). The van der Waals surface area contributed by atoms with Gasteiger partial charge >= 0.3 is 5.97 Å². The van der Waals surface area contributed by atoms with E-state index in [4.69, 9.17) is 9.47 Å². The van der Waals surface area contributed by atoms with Gasteiger partial charge in [-0.2, -0.15) is 0 Å². The average molecular weight is 539 g/mol. The molecular weight excluding hydrogens is 496 g/mol. The van der Waals surface area contributed by atoms with Gasteiger partial charge in [-0.15, -0.1) is 13.2 Å². The first kappa shape index (κ1) is 29.0. The van der Waals surface area contributed by atoms with Crippen LogP contribution in [0.15, 0.2) is 43.5 Å². The van der Waals surface area contributed by atoms with Crippen LogP contribution in [-0.2, 0) is 23.9 Å². The minimum Gasteiger partial charge on any atom is -0.465 e. The third-order valence-electron chi connectivity index (χ3n) is 8.39. The molecule has 0 aromatic heterocycles. The molecule has 3 fully saturated rings. The topological polar surface area (TPSA) is 96.4 Å². The molecule has 3 aliphatic rings. The second kappa shape index (κ2) is 11.6. The van der Waals surface area contributed by atoms with Crippen LogP contribution in [0, 0.1) is 31.6 Å². The van der Waals surface area contributed by atoms with Crippen molar-refractivity contribution in [1.29, 1.82) is 0 Å². The lowest BCUT2D eigenvalue weighted by Crippen LogP contribution is -2.59. The highest BCUT2D eigenvalue weighted by atomic mass is 16.6. The first-order valence-corrected chi connectivity index (χ1v) is 14.0. The number of benzene rings is 1. The molecular formula is C31H42N2O6. The standard InChI is InChI=1S/C31H42N2O6/c1-7-9-15-38-30(37)25-24-12-13-31(39-24)26(25)28(35)33(22(18-34)16-19(3)4)27(31)29(36)32(14-8-2)23-17-20(5)10-11-21(23)6/h7-8,10-11,17,19,22,24-27,34H,1-2,9,12-16,18H2,3-6H3/t22-,24+,25-,26+,27?,31?/m1/s1. The third kappa shape index (κ3) is 5.05. The van der Waals surface area contributed by atoms with Gasteiger partial charge in [0, 0.05) is 12.2 Å². The SMILES string of the molecule is C=CCCOC(=O)[C@@H]1[C@@H]2CCC3(O2)C(C(=O)N(CC=C)c2cc(C)ccc2C)N([C@@H](CO)CC(C)C)C(=O)[C@H]13. The fraction of sp³-hybridized carbons (Fsp3) is 0.581. The number of nitrogens with zero attached hydrogens (tertiary/aromatic N) is 2. The molecule has 39 heavy (non-hydrogen) atoms. The molecule has 0 saturated carbocycles. The Balaban J connectivity index is 1.81. The highest BCUT2D eigenvalue weighted by Crippen LogP contribution is 2.59. The van der Waals surface area contributed by atoms with Crippen LogP contribution in [0.25, 0.3) is 0 Å². The van der Waals surface area contributed by atoms with E-state index in [1.54, 1.807) is 22.0 Å². The van der Waals surface area contributed by atoms with Crippen molar-refractivity contribution in [1.82, 2.24) is 4.90 Å². The summed E-state index contributed by atoms with van der Waals surface area (Å²) in [7, 11) is 0. The molecule has 3 saturated heterocycles. The zero-order chi connectivity index (χ0) is 28.5. The van der Waals surface area contributed by atoms with Gasteiger partial charge in [0.05, 0.1) is 37.2 Å². The van der Waals surface area contributed by atoms with Gasteiger partial charge in [0.1, 0.15) is 11.6 Å². The van der Waals surface area contributed by atoms with Crippen molar-refractivity contribution in [3.8, 4) is 0 Å². The number of aliphatic hydroxyl groups excluding tert-OH is 1. The van der Waals surface area contributed by atoms with Crippen LogP contribution in [0.4, 0.5) is 5.69 Å². The summed E-state index contributed by atoms with van der Waals surface area (Å²) >= 11 is 0. The minimum absolute atomic E-state index is 0.170. The Labute approximate surface area is 231 Å². The number of aryl methyl sites for hydroxylation is 2. The number of rotatable bonds is 12.